The topological polar surface area (TPSA) is 33.6 Å². The fourth-order valence-electron chi connectivity index (χ4n) is 1.95. The normalized spacial score (nSPS) is 13.6. The molecule has 3 rings (SSSR count). The Morgan fingerprint density at radius 2 is 1.86 bits per heavy atom. The predicted molar refractivity (Wildman–Crippen MR) is 81.0 cm³/mol. The Balaban J connectivity index is 1.71. The van der Waals surface area contributed by atoms with Crippen LogP contribution in [-0.4, -0.2) is 18.2 Å². The van der Waals surface area contributed by atoms with Crippen molar-refractivity contribution in [3.63, 3.8) is 0 Å². The van der Waals surface area contributed by atoms with Crippen molar-refractivity contribution >= 4 is 29.0 Å². The first-order chi connectivity index (χ1) is 10.2. The summed E-state index contributed by atoms with van der Waals surface area (Å²) in [6.45, 7) is -2.81. The number of ether oxygens (including phenoxy) is 1. The molecule has 0 unspecified atom stereocenters. The van der Waals surface area contributed by atoms with Gasteiger partial charge < -0.3 is 10.1 Å². The highest BCUT2D eigenvalue weighted by Crippen LogP contribution is 2.33. The third-order valence-electron chi connectivity index (χ3n) is 2.85. The van der Waals surface area contributed by atoms with Crippen molar-refractivity contribution in [2.24, 2.45) is 4.99 Å². The van der Waals surface area contributed by atoms with E-state index in [1.807, 2.05) is 24.3 Å². The number of nitrogens with one attached hydrogen (secondary N) is 1. The minimum atomic E-state index is -2.81. The van der Waals surface area contributed by atoms with Crippen molar-refractivity contribution in [2.45, 2.75) is 11.5 Å². The van der Waals surface area contributed by atoms with Crippen molar-refractivity contribution in [3.05, 3.63) is 48.5 Å². The highest BCUT2D eigenvalue weighted by atomic mass is 32.2. The van der Waals surface area contributed by atoms with Gasteiger partial charge in [0.25, 0.3) is 0 Å². The van der Waals surface area contributed by atoms with Gasteiger partial charge in [0.05, 0.1) is 11.4 Å². The minimum absolute atomic E-state index is 0.140. The molecule has 0 aliphatic carbocycles. The van der Waals surface area contributed by atoms with E-state index in [2.05, 4.69) is 15.0 Å². The largest absolute Gasteiger partial charge is 0.435 e. The molecule has 1 heterocycles. The zero-order chi connectivity index (χ0) is 14.7. The lowest BCUT2D eigenvalue weighted by atomic mass is 10.3. The second-order valence-corrected chi connectivity index (χ2v) is 5.36. The van der Waals surface area contributed by atoms with Gasteiger partial charge in [-0.05, 0) is 36.4 Å². The van der Waals surface area contributed by atoms with Gasteiger partial charge in [-0.1, -0.05) is 12.1 Å². The average Bonchev–Trinajstić information content (AvgIpc) is 2.49. The summed E-state index contributed by atoms with van der Waals surface area (Å²) in [4.78, 5) is 5.70. The molecule has 21 heavy (non-hydrogen) atoms. The second-order valence-electron chi connectivity index (χ2n) is 4.34. The molecule has 0 radical (unpaired) electrons. The van der Waals surface area contributed by atoms with Gasteiger partial charge in [0.15, 0.2) is 0 Å². The lowest BCUT2D eigenvalue weighted by Crippen LogP contribution is -2.16. The van der Waals surface area contributed by atoms with Gasteiger partial charge in [-0.3, -0.25) is 0 Å². The highest BCUT2D eigenvalue weighted by Gasteiger charge is 2.12. The van der Waals surface area contributed by atoms with Gasteiger partial charge in [-0.15, -0.1) is 11.8 Å². The number of thioether (sulfide) groups is 1. The molecule has 6 heteroatoms. The number of alkyl halides is 2. The van der Waals surface area contributed by atoms with Crippen LogP contribution >= 0.6 is 11.8 Å². The van der Waals surface area contributed by atoms with Crippen LogP contribution in [0.5, 0.6) is 5.75 Å². The molecule has 0 fully saturated rings. The number of halogens is 2. The molecule has 0 amide bonds. The van der Waals surface area contributed by atoms with Crippen LogP contribution in [0.2, 0.25) is 0 Å². The zero-order valence-corrected chi connectivity index (χ0v) is 11.7. The molecule has 1 N–H and O–H groups in total. The van der Waals surface area contributed by atoms with Gasteiger partial charge >= 0.3 is 6.61 Å². The number of hydrogen-bond acceptors (Lipinski definition) is 4. The maximum Gasteiger partial charge on any atom is 0.387 e. The van der Waals surface area contributed by atoms with E-state index in [9.17, 15) is 8.78 Å². The third kappa shape index (κ3) is 3.52. The van der Waals surface area contributed by atoms with Gasteiger partial charge in [0, 0.05) is 10.6 Å². The molecule has 108 valence electrons. The predicted octanol–water partition coefficient (Wildman–Crippen LogP) is 4.54. The lowest BCUT2D eigenvalue weighted by molar-refractivity contribution is -0.0498. The SMILES string of the molecule is FC(F)Oc1ccc(NC2=Nc3ccccc3SC2)cc1. The summed E-state index contributed by atoms with van der Waals surface area (Å²) in [5.74, 6) is 1.72. The number of anilines is 1. The van der Waals surface area contributed by atoms with E-state index in [1.54, 1.807) is 23.9 Å². The first-order valence-corrected chi connectivity index (χ1v) is 7.30. The third-order valence-corrected chi connectivity index (χ3v) is 3.93. The fraction of sp³-hybridized carbons (Fsp3) is 0.133. The minimum Gasteiger partial charge on any atom is -0.435 e. The Morgan fingerprint density at radius 3 is 2.62 bits per heavy atom. The number of benzene rings is 2. The molecule has 0 bridgehead atoms. The van der Waals surface area contributed by atoms with Gasteiger partial charge in [-0.2, -0.15) is 8.78 Å². The molecule has 1 aliphatic rings. The van der Waals surface area contributed by atoms with E-state index in [4.69, 9.17) is 0 Å². The van der Waals surface area contributed by atoms with Crippen molar-refractivity contribution < 1.29 is 13.5 Å². The Morgan fingerprint density at radius 1 is 1.10 bits per heavy atom. The van der Waals surface area contributed by atoms with Crippen LogP contribution in [0, 0.1) is 0 Å². The van der Waals surface area contributed by atoms with E-state index in [0.717, 1.165) is 27.9 Å². The van der Waals surface area contributed by atoms with Crippen molar-refractivity contribution in [3.8, 4) is 5.75 Å². The zero-order valence-electron chi connectivity index (χ0n) is 10.9. The van der Waals surface area contributed by atoms with Gasteiger partial charge in [-0.25, -0.2) is 4.99 Å². The maximum absolute atomic E-state index is 12.1. The molecule has 2 aromatic carbocycles. The van der Waals surface area contributed by atoms with E-state index in [1.165, 1.54) is 12.1 Å². The molecule has 1 aliphatic heterocycles. The van der Waals surface area contributed by atoms with Crippen molar-refractivity contribution in [1.82, 2.24) is 0 Å². The van der Waals surface area contributed by atoms with Crippen molar-refractivity contribution in [1.29, 1.82) is 0 Å². The van der Waals surface area contributed by atoms with Gasteiger partial charge in [0.2, 0.25) is 0 Å². The summed E-state index contributed by atoms with van der Waals surface area (Å²) < 4.78 is 28.5. The standard InChI is InChI=1S/C15H12F2N2OS/c16-15(17)20-11-7-5-10(6-8-11)18-14-9-21-13-4-2-1-3-12(13)19-14/h1-8,15H,9H2,(H,18,19). The van der Waals surface area contributed by atoms with Gasteiger partial charge in [0.1, 0.15) is 11.6 Å². The quantitative estimate of drug-likeness (QED) is 0.904. The second kappa shape index (κ2) is 6.13. The fourth-order valence-corrected chi connectivity index (χ4v) is 2.81. The number of fused-ring (bicyclic) bond motifs is 1. The van der Waals surface area contributed by atoms with E-state index < -0.39 is 6.61 Å². The first kappa shape index (κ1) is 13.9. The van der Waals surface area contributed by atoms with Crippen LogP contribution in [0.1, 0.15) is 0 Å². The molecule has 3 nitrogen and oxygen atoms in total. The van der Waals surface area contributed by atoms with Crippen LogP contribution in [0.4, 0.5) is 20.2 Å². The average molecular weight is 306 g/mol. The number of rotatable bonds is 3. The summed E-state index contributed by atoms with van der Waals surface area (Å²) in [7, 11) is 0. The molecule has 0 saturated heterocycles. The van der Waals surface area contributed by atoms with E-state index in [0.29, 0.717) is 0 Å². The Labute approximate surface area is 125 Å². The molecule has 2 aromatic rings. The number of nitrogens with zero attached hydrogens (tertiary/aromatic N) is 1. The van der Waals surface area contributed by atoms with Crippen LogP contribution in [0.3, 0.4) is 0 Å². The molecule has 0 saturated carbocycles. The summed E-state index contributed by atoms with van der Waals surface area (Å²) in [6.07, 6.45) is 0. The van der Waals surface area contributed by atoms with Crippen LogP contribution in [-0.2, 0) is 0 Å². The maximum atomic E-state index is 12.1. The number of aliphatic imine (C=N–C) groups is 1. The first-order valence-electron chi connectivity index (χ1n) is 6.32. The van der Waals surface area contributed by atoms with Crippen LogP contribution in [0.15, 0.2) is 58.4 Å². The van der Waals surface area contributed by atoms with Crippen molar-refractivity contribution in [2.75, 3.05) is 11.1 Å². The number of para-hydroxylation sites is 1. The monoisotopic (exact) mass is 306 g/mol. The summed E-state index contributed by atoms with van der Waals surface area (Å²) in [5, 5.41) is 3.19. The van der Waals surface area contributed by atoms with E-state index in [-0.39, 0.29) is 5.75 Å². The number of amidine groups is 1. The Bertz CT molecular complexity index is 659. The molecular weight excluding hydrogens is 294 g/mol. The molecule has 0 aromatic heterocycles. The molecule has 0 atom stereocenters. The van der Waals surface area contributed by atoms with Crippen LogP contribution in [0.25, 0.3) is 0 Å². The van der Waals surface area contributed by atoms with E-state index >= 15 is 0 Å². The molecule has 0 spiro atoms. The summed E-state index contributed by atoms with van der Waals surface area (Å²) in [5.41, 5.74) is 1.73. The Kier molecular flexibility index (Phi) is 4.06. The lowest BCUT2D eigenvalue weighted by Gasteiger charge is -2.16. The number of hydrogen-bond donors (Lipinski definition) is 1. The smallest absolute Gasteiger partial charge is 0.387 e. The highest BCUT2D eigenvalue weighted by molar-refractivity contribution is 8.00. The molecular formula is C15H12F2N2OS. The Hall–Kier alpha value is -2.08. The summed E-state index contributed by atoms with van der Waals surface area (Å²) >= 11 is 1.71. The summed E-state index contributed by atoms with van der Waals surface area (Å²) in [6, 6.07) is 14.3. The van der Waals surface area contributed by atoms with Crippen LogP contribution < -0.4 is 10.1 Å².